The second-order valence-electron chi connectivity index (χ2n) is 5.36. The van der Waals surface area contributed by atoms with Crippen LogP contribution < -0.4 is 10.2 Å². The number of hydrogen-bond acceptors (Lipinski definition) is 5. The van der Waals surface area contributed by atoms with Gasteiger partial charge in [-0.2, -0.15) is 13.2 Å². The van der Waals surface area contributed by atoms with E-state index in [1.807, 2.05) is 0 Å². The predicted octanol–water partition coefficient (Wildman–Crippen LogP) is 1.28. The van der Waals surface area contributed by atoms with E-state index in [9.17, 15) is 18.0 Å². The Morgan fingerprint density at radius 3 is 2.54 bits per heavy atom. The predicted molar refractivity (Wildman–Crippen MR) is 80.8 cm³/mol. The molecule has 1 saturated heterocycles. The zero-order valence-electron chi connectivity index (χ0n) is 13.6. The zero-order valence-corrected chi connectivity index (χ0v) is 13.6. The largest absolute Gasteiger partial charge is 0.433 e. The van der Waals surface area contributed by atoms with Gasteiger partial charge in [0.05, 0.1) is 6.61 Å². The van der Waals surface area contributed by atoms with Crippen molar-refractivity contribution in [3.8, 4) is 0 Å². The minimum Gasteiger partial charge on any atom is -0.383 e. The lowest BCUT2D eigenvalue weighted by atomic mass is 10.3. The minimum atomic E-state index is -4.51. The maximum Gasteiger partial charge on any atom is 0.433 e. The molecule has 1 aromatic rings. The van der Waals surface area contributed by atoms with Gasteiger partial charge in [-0.15, -0.1) is 0 Å². The van der Waals surface area contributed by atoms with Crippen LogP contribution in [-0.4, -0.2) is 67.3 Å². The number of hydrogen-bond donors (Lipinski definition) is 1. The van der Waals surface area contributed by atoms with Crippen molar-refractivity contribution in [1.82, 2.24) is 20.2 Å². The van der Waals surface area contributed by atoms with Crippen LogP contribution in [-0.2, 0) is 10.9 Å². The summed E-state index contributed by atoms with van der Waals surface area (Å²) in [4.78, 5) is 22.8. The van der Waals surface area contributed by atoms with E-state index in [1.54, 1.807) is 16.9 Å². The molecule has 0 bridgehead atoms. The molecule has 1 aliphatic heterocycles. The Balaban J connectivity index is 1.97. The van der Waals surface area contributed by atoms with E-state index < -0.39 is 11.9 Å². The molecular weight excluding hydrogens is 327 g/mol. The first-order chi connectivity index (χ1) is 11.3. The van der Waals surface area contributed by atoms with Crippen molar-refractivity contribution in [2.75, 3.05) is 51.3 Å². The van der Waals surface area contributed by atoms with Gasteiger partial charge in [0.15, 0.2) is 0 Å². The van der Waals surface area contributed by atoms with Crippen LogP contribution in [0, 0.1) is 6.92 Å². The number of ether oxygens (including phenoxy) is 1. The molecule has 0 spiro atoms. The van der Waals surface area contributed by atoms with Crippen molar-refractivity contribution in [1.29, 1.82) is 0 Å². The molecule has 0 aliphatic carbocycles. The van der Waals surface area contributed by atoms with E-state index in [1.165, 1.54) is 6.92 Å². The third kappa shape index (κ3) is 4.70. The first-order valence-electron chi connectivity index (χ1n) is 7.51. The summed E-state index contributed by atoms with van der Waals surface area (Å²) in [6.45, 7) is 3.89. The van der Waals surface area contributed by atoms with Gasteiger partial charge in [-0.25, -0.2) is 14.8 Å². The van der Waals surface area contributed by atoms with Crippen LogP contribution >= 0.6 is 0 Å². The number of rotatable bonds is 4. The molecule has 0 saturated carbocycles. The fraction of sp³-hybridized carbons (Fsp3) is 0.643. The van der Waals surface area contributed by atoms with E-state index in [0.29, 0.717) is 39.3 Å². The number of carbonyl (C=O) groups excluding carboxylic acids is 1. The van der Waals surface area contributed by atoms with Gasteiger partial charge in [0.25, 0.3) is 0 Å². The summed E-state index contributed by atoms with van der Waals surface area (Å²) in [6.07, 6.45) is -4.51. The third-order valence-electron chi connectivity index (χ3n) is 3.59. The van der Waals surface area contributed by atoms with Gasteiger partial charge >= 0.3 is 12.2 Å². The number of nitrogens with one attached hydrogen (secondary N) is 1. The Morgan fingerprint density at radius 1 is 1.29 bits per heavy atom. The molecule has 7 nitrogen and oxygen atoms in total. The summed E-state index contributed by atoms with van der Waals surface area (Å²) >= 11 is 0. The number of piperazine rings is 1. The summed E-state index contributed by atoms with van der Waals surface area (Å²) in [6, 6.07) is 0.739. The number of aromatic nitrogens is 2. The van der Waals surface area contributed by atoms with E-state index >= 15 is 0 Å². The van der Waals surface area contributed by atoms with Crippen LogP contribution in [0.15, 0.2) is 6.07 Å². The highest BCUT2D eigenvalue weighted by Crippen LogP contribution is 2.29. The number of anilines is 1. The number of methoxy groups -OCH3 is 1. The number of carbonyl (C=O) groups is 1. The normalized spacial score (nSPS) is 15.5. The molecular formula is C14H20F3N5O2. The van der Waals surface area contributed by atoms with E-state index in [2.05, 4.69) is 15.3 Å². The number of halogens is 3. The van der Waals surface area contributed by atoms with Gasteiger partial charge in [0.1, 0.15) is 17.3 Å². The fourth-order valence-electron chi connectivity index (χ4n) is 2.37. The number of urea groups is 1. The van der Waals surface area contributed by atoms with Crippen LogP contribution in [0.2, 0.25) is 0 Å². The quantitative estimate of drug-likeness (QED) is 0.831. The van der Waals surface area contributed by atoms with Gasteiger partial charge in [-0.05, 0) is 6.92 Å². The Kier molecular flexibility index (Phi) is 5.81. The lowest BCUT2D eigenvalue weighted by Crippen LogP contribution is -2.52. The van der Waals surface area contributed by atoms with Gasteiger partial charge < -0.3 is 19.9 Å². The highest BCUT2D eigenvalue weighted by Gasteiger charge is 2.34. The number of alkyl halides is 3. The van der Waals surface area contributed by atoms with Gasteiger partial charge in [-0.3, -0.25) is 0 Å². The fourth-order valence-corrected chi connectivity index (χ4v) is 2.37. The Hall–Kier alpha value is -2.10. The molecule has 1 N–H and O–H groups in total. The standard InChI is InChI=1S/C14H20F3N5O2/c1-10-19-11(14(15,16)17)9-12(20-10)21-4-6-22(7-5-21)13(23)18-3-8-24-2/h9H,3-8H2,1-2H3,(H,18,23). The molecule has 134 valence electrons. The summed E-state index contributed by atoms with van der Waals surface area (Å²) in [7, 11) is 1.55. The lowest BCUT2D eigenvalue weighted by Gasteiger charge is -2.35. The average Bonchev–Trinajstić information content (AvgIpc) is 2.54. The molecule has 0 radical (unpaired) electrons. The van der Waals surface area contributed by atoms with Crippen LogP contribution in [0.4, 0.5) is 23.8 Å². The number of amides is 2. The van der Waals surface area contributed by atoms with Crippen molar-refractivity contribution >= 4 is 11.8 Å². The SMILES string of the molecule is COCCNC(=O)N1CCN(c2cc(C(F)(F)F)nc(C)n2)CC1. The topological polar surface area (TPSA) is 70.6 Å². The number of aryl methyl sites for hydroxylation is 1. The second-order valence-corrected chi connectivity index (χ2v) is 5.36. The van der Waals surface area contributed by atoms with Crippen molar-refractivity contribution in [2.45, 2.75) is 13.1 Å². The summed E-state index contributed by atoms with van der Waals surface area (Å²) in [5, 5.41) is 2.72. The first kappa shape index (κ1) is 18.2. The monoisotopic (exact) mass is 347 g/mol. The second kappa shape index (κ2) is 7.65. The van der Waals surface area contributed by atoms with Gasteiger partial charge in [-0.1, -0.05) is 0 Å². The van der Waals surface area contributed by atoms with Crippen molar-refractivity contribution in [2.24, 2.45) is 0 Å². The average molecular weight is 347 g/mol. The Labute approximate surface area is 137 Å². The van der Waals surface area contributed by atoms with Crippen molar-refractivity contribution < 1.29 is 22.7 Å². The van der Waals surface area contributed by atoms with E-state index in [0.717, 1.165) is 6.07 Å². The van der Waals surface area contributed by atoms with Crippen molar-refractivity contribution in [3.05, 3.63) is 17.6 Å². The first-order valence-corrected chi connectivity index (χ1v) is 7.51. The summed E-state index contributed by atoms with van der Waals surface area (Å²) < 4.78 is 43.4. The molecule has 1 fully saturated rings. The smallest absolute Gasteiger partial charge is 0.383 e. The van der Waals surface area contributed by atoms with Crippen molar-refractivity contribution in [3.63, 3.8) is 0 Å². The molecule has 10 heteroatoms. The van der Waals surface area contributed by atoms with Gasteiger partial charge in [0, 0.05) is 45.9 Å². The molecule has 0 unspecified atom stereocenters. The molecule has 2 rings (SSSR count). The molecule has 2 amide bonds. The molecule has 1 aromatic heterocycles. The molecule has 1 aliphatic rings. The summed E-state index contributed by atoms with van der Waals surface area (Å²) in [5.74, 6) is 0.300. The Morgan fingerprint density at radius 2 is 1.96 bits per heavy atom. The molecule has 0 aromatic carbocycles. The molecule has 24 heavy (non-hydrogen) atoms. The maximum absolute atomic E-state index is 12.9. The Bertz CT molecular complexity index is 574. The van der Waals surface area contributed by atoms with E-state index in [-0.39, 0.29) is 17.7 Å². The van der Waals surface area contributed by atoms with Crippen LogP contribution in [0.3, 0.4) is 0 Å². The van der Waals surface area contributed by atoms with Crippen LogP contribution in [0.25, 0.3) is 0 Å². The number of nitrogens with zero attached hydrogens (tertiary/aromatic N) is 4. The highest BCUT2D eigenvalue weighted by atomic mass is 19.4. The minimum absolute atomic E-state index is 0.0690. The summed E-state index contributed by atoms with van der Waals surface area (Å²) in [5.41, 5.74) is -0.954. The van der Waals surface area contributed by atoms with E-state index in [4.69, 9.17) is 4.74 Å². The highest BCUT2D eigenvalue weighted by molar-refractivity contribution is 5.74. The van der Waals surface area contributed by atoms with Crippen LogP contribution in [0.1, 0.15) is 11.5 Å². The van der Waals surface area contributed by atoms with Gasteiger partial charge in [0.2, 0.25) is 0 Å². The van der Waals surface area contributed by atoms with Crippen LogP contribution in [0.5, 0.6) is 0 Å². The molecule has 2 heterocycles. The lowest BCUT2D eigenvalue weighted by molar-refractivity contribution is -0.141. The third-order valence-corrected chi connectivity index (χ3v) is 3.59. The molecule has 0 atom stereocenters. The zero-order chi connectivity index (χ0) is 17.7. The maximum atomic E-state index is 12.9.